The zero-order valence-corrected chi connectivity index (χ0v) is 26.2. The fourth-order valence-electron chi connectivity index (χ4n) is 5.37. The highest BCUT2D eigenvalue weighted by Crippen LogP contribution is 2.31. The van der Waals surface area contributed by atoms with E-state index in [0.29, 0.717) is 47.8 Å². The normalized spacial score (nSPS) is 16.9. The van der Waals surface area contributed by atoms with Crippen LogP contribution in [0.1, 0.15) is 73.1 Å². The fraction of sp³-hybridized carbons (Fsp3) is 0.552. The van der Waals surface area contributed by atoms with Gasteiger partial charge in [0.15, 0.2) is 11.5 Å². The molecule has 0 unspecified atom stereocenters. The average molecular weight is 633 g/mol. The number of ether oxygens (including phenoxy) is 2. The van der Waals surface area contributed by atoms with E-state index in [1.807, 2.05) is 6.07 Å². The lowest BCUT2D eigenvalue weighted by Crippen LogP contribution is -2.46. The number of likely N-dealkylation sites (tertiary alicyclic amines) is 2. The van der Waals surface area contributed by atoms with Gasteiger partial charge in [0.05, 0.1) is 22.4 Å². The van der Waals surface area contributed by atoms with Crippen molar-refractivity contribution >= 4 is 40.9 Å². The van der Waals surface area contributed by atoms with Crippen molar-refractivity contribution in [1.82, 2.24) is 30.1 Å². The number of nitrogens with zero attached hydrogens (tertiary/aromatic N) is 5. The summed E-state index contributed by atoms with van der Waals surface area (Å²) in [7, 11) is 0. The van der Waals surface area contributed by atoms with Crippen molar-refractivity contribution in [2.45, 2.75) is 71.2 Å². The molecule has 12 nitrogen and oxygen atoms in total. The second-order valence-electron chi connectivity index (χ2n) is 11.0. The largest absolute Gasteiger partial charge is 0.508 e. The standard InChI is InChI=1S/C29H37ClN6O6S/c1-4-40-29(39)41-21-9-13-35(14-10-21)28(38)22-16-23(27(37)31-19-7-11-34(12-8-19)18(2)3)36(32-22)17-20-15-24(42-33-20)25-5-6-26(30)43-25/h5-6,15-16,18-19,21H,4,7-14,17H2,1-3H3,(H,31,37). The molecule has 0 atom stereocenters. The smallest absolute Gasteiger partial charge is 0.435 e. The zero-order chi connectivity index (χ0) is 30.5. The van der Waals surface area contributed by atoms with Crippen molar-refractivity contribution in [3.05, 3.63) is 45.7 Å². The SMILES string of the molecule is CCOC(=O)OC1CCN(C(=O)c2cc(C(=O)NC3CCN(C(C)C)CC3)n(Cc3cc(-c4ccc(Cl)s4)on3)n2)CC1. The van der Waals surface area contributed by atoms with Crippen molar-refractivity contribution in [2.75, 3.05) is 32.8 Å². The van der Waals surface area contributed by atoms with Crippen molar-refractivity contribution in [3.8, 4) is 10.6 Å². The van der Waals surface area contributed by atoms with Crippen LogP contribution in [-0.4, -0.2) is 93.7 Å². The van der Waals surface area contributed by atoms with Gasteiger partial charge in [-0.3, -0.25) is 14.3 Å². The van der Waals surface area contributed by atoms with E-state index in [1.165, 1.54) is 16.0 Å². The van der Waals surface area contributed by atoms with Crippen LogP contribution in [0, 0.1) is 0 Å². The Kier molecular flexibility index (Phi) is 10.0. The first-order chi connectivity index (χ1) is 20.7. The van der Waals surface area contributed by atoms with Crippen LogP contribution in [-0.2, 0) is 16.0 Å². The topological polar surface area (TPSA) is 132 Å². The minimum absolute atomic E-state index is 0.0330. The number of carbonyl (C=O) groups is 3. The zero-order valence-electron chi connectivity index (χ0n) is 24.6. The number of hydrogen-bond donors (Lipinski definition) is 1. The van der Waals surface area contributed by atoms with Crippen molar-refractivity contribution < 1.29 is 28.4 Å². The molecule has 232 valence electrons. The van der Waals surface area contributed by atoms with Crippen molar-refractivity contribution in [2.24, 2.45) is 0 Å². The maximum Gasteiger partial charge on any atom is 0.508 e. The van der Waals surface area contributed by atoms with Gasteiger partial charge in [0.25, 0.3) is 11.8 Å². The Hall–Kier alpha value is -3.42. The maximum absolute atomic E-state index is 13.6. The van der Waals surface area contributed by atoms with Gasteiger partial charge in [0, 0.05) is 63.2 Å². The molecule has 3 aromatic heterocycles. The molecule has 1 N–H and O–H groups in total. The summed E-state index contributed by atoms with van der Waals surface area (Å²) in [5, 5.41) is 11.9. The number of nitrogens with one attached hydrogen (secondary N) is 1. The summed E-state index contributed by atoms with van der Waals surface area (Å²) in [4.78, 5) is 43.6. The summed E-state index contributed by atoms with van der Waals surface area (Å²) in [5.41, 5.74) is 0.995. The lowest BCUT2D eigenvalue weighted by molar-refractivity contribution is 0.00330. The Balaban J connectivity index is 1.30. The summed E-state index contributed by atoms with van der Waals surface area (Å²) < 4.78 is 17.8. The van der Waals surface area contributed by atoms with E-state index in [1.54, 1.807) is 30.0 Å². The molecule has 5 heterocycles. The van der Waals surface area contributed by atoms with Gasteiger partial charge in [0.1, 0.15) is 17.5 Å². The van der Waals surface area contributed by atoms with Crippen LogP contribution in [0.5, 0.6) is 0 Å². The van der Waals surface area contributed by atoms with Gasteiger partial charge < -0.3 is 29.1 Å². The number of thiophene rings is 1. The van der Waals surface area contributed by atoms with Gasteiger partial charge in [0.2, 0.25) is 0 Å². The molecule has 2 aliphatic rings. The minimum Gasteiger partial charge on any atom is -0.435 e. The minimum atomic E-state index is -0.699. The van der Waals surface area contributed by atoms with E-state index in [0.717, 1.165) is 30.8 Å². The fourth-order valence-corrected chi connectivity index (χ4v) is 6.36. The number of rotatable bonds is 9. The molecule has 3 aromatic rings. The second kappa shape index (κ2) is 13.9. The van der Waals surface area contributed by atoms with Crippen LogP contribution in [0.4, 0.5) is 4.79 Å². The molecule has 0 spiro atoms. The number of piperidine rings is 2. The number of amides is 2. The molecule has 0 saturated carbocycles. The summed E-state index contributed by atoms with van der Waals surface area (Å²) in [6.07, 6.45) is 1.66. The first kappa shape index (κ1) is 31.0. The van der Waals surface area contributed by atoms with Gasteiger partial charge in [-0.2, -0.15) is 5.10 Å². The van der Waals surface area contributed by atoms with Gasteiger partial charge in [-0.05, 0) is 45.7 Å². The molecule has 5 rings (SSSR count). The van der Waals surface area contributed by atoms with E-state index >= 15 is 0 Å². The molecule has 2 saturated heterocycles. The van der Waals surface area contributed by atoms with Crippen LogP contribution in [0.15, 0.2) is 28.8 Å². The summed E-state index contributed by atoms with van der Waals surface area (Å²) in [6.45, 7) is 9.05. The predicted octanol–water partition coefficient (Wildman–Crippen LogP) is 4.68. The summed E-state index contributed by atoms with van der Waals surface area (Å²) in [6, 6.07) is 7.46. The number of carbonyl (C=O) groups excluding carboxylic acids is 3. The molecular formula is C29H37ClN6O6S. The molecule has 2 aliphatic heterocycles. The molecular weight excluding hydrogens is 596 g/mol. The van der Waals surface area contributed by atoms with Crippen LogP contribution in [0.25, 0.3) is 10.6 Å². The number of aromatic nitrogens is 3. The van der Waals surface area contributed by atoms with Gasteiger partial charge in [-0.1, -0.05) is 16.8 Å². The van der Waals surface area contributed by atoms with E-state index < -0.39 is 6.16 Å². The molecule has 0 bridgehead atoms. The Labute approximate surface area is 259 Å². The summed E-state index contributed by atoms with van der Waals surface area (Å²) >= 11 is 7.45. The third-order valence-corrected chi connectivity index (χ3v) is 9.01. The molecule has 2 amide bonds. The third kappa shape index (κ3) is 7.76. The molecule has 0 radical (unpaired) electrons. The van der Waals surface area contributed by atoms with Gasteiger partial charge >= 0.3 is 6.16 Å². The van der Waals surface area contributed by atoms with Crippen LogP contribution in [0.2, 0.25) is 4.34 Å². The monoisotopic (exact) mass is 632 g/mol. The Morgan fingerprint density at radius 3 is 2.51 bits per heavy atom. The highest BCUT2D eigenvalue weighted by atomic mass is 35.5. The molecule has 43 heavy (non-hydrogen) atoms. The molecule has 0 aliphatic carbocycles. The quantitative estimate of drug-likeness (QED) is 0.334. The van der Waals surface area contributed by atoms with Gasteiger partial charge in [-0.25, -0.2) is 4.79 Å². The first-order valence-corrected chi connectivity index (χ1v) is 15.9. The van der Waals surface area contributed by atoms with E-state index in [2.05, 4.69) is 34.3 Å². The summed E-state index contributed by atoms with van der Waals surface area (Å²) in [5.74, 6) is -0.0160. The van der Waals surface area contributed by atoms with Crippen LogP contribution < -0.4 is 5.32 Å². The average Bonchev–Trinajstić information content (AvgIpc) is 3.74. The highest BCUT2D eigenvalue weighted by Gasteiger charge is 2.30. The van der Waals surface area contributed by atoms with E-state index in [4.69, 9.17) is 25.6 Å². The van der Waals surface area contributed by atoms with E-state index in [9.17, 15) is 14.4 Å². The van der Waals surface area contributed by atoms with Gasteiger partial charge in [-0.15, -0.1) is 11.3 Å². The molecule has 0 aromatic carbocycles. The second-order valence-corrected chi connectivity index (χ2v) is 12.7. The van der Waals surface area contributed by atoms with Crippen molar-refractivity contribution in [1.29, 1.82) is 0 Å². The van der Waals surface area contributed by atoms with Crippen LogP contribution in [0.3, 0.4) is 0 Å². The third-order valence-electron chi connectivity index (χ3n) is 7.77. The number of halogens is 1. The van der Waals surface area contributed by atoms with E-state index in [-0.39, 0.29) is 48.5 Å². The first-order valence-electron chi connectivity index (χ1n) is 14.7. The highest BCUT2D eigenvalue weighted by molar-refractivity contribution is 7.19. The lowest BCUT2D eigenvalue weighted by Gasteiger charge is -2.34. The Morgan fingerprint density at radius 1 is 1.12 bits per heavy atom. The molecule has 2 fully saturated rings. The van der Waals surface area contributed by atoms with Crippen molar-refractivity contribution in [3.63, 3.8) is 0 Å². The predicted molar refractivity (Wildman–Crippen MR) is 160 cm³/mol. The number of hydrogen-bond acceptors (Lipinski definition) is 10. The lowest BCUT2D eigenvalue weighted by atomic mass is 10.0. The molecule has 14 heteroatoms. The van der Waals surface area contributed by atoms with Crippen LogP contribution >= 0.6 is 22.9 Å². The maximum atomic E-state index is 13.6. The Morgan fingerprint density at radius 2 is 1.86 bits per heavy atom. The Bertz CT molecular complexity index is 1420.